The molecule has 0 unspecified atom stereocenters. The monoisotopic (exact) mass is 347 g/mol. The molecule has 0 aliphatic carbocycles. The summed E-state index contributed by atoms with van der Waals surface area (Å²) in [5, 5.41) is 3.07. The van der Waals surface area contributed by atoms with Crippen LogP contribution in [0.2, 0.25) is 0 Å². The first-order chi connectivity index (χ1) is 11.2. The first-order valence-electron chi connectivity index (χ1n) is 7.05. The Labute approximate surface area is 143 Å². The molecule has 3 aromatic rings. The zero-order valence-corrected chi connectivity index (χ0v) is 14.8. The molecule has 0 atom stereocenters. The van der Waals surface area contributed by atoms with Crippen LogP contribution in [0.1, 0.15) is 11.5 Å². The summed E-state index contributed by atoms with van der Waals surface area (Å²) in [6.45, 7) is 1.97. The number of benzene rings is 1. The van der Waals surface area contributed by atoms with Crippen molar-refractivity contribution < 1.29 is 13.9 Å². The number of aryl methyl sites for hydroxylation is 1. The van der Waals surface area contributed by atoms with Crippen molar-refractivity contribution in [1.29, 1.82) is 0 Å². The number of hydrogen-bond donors (Lipinski definition) is 0. The first kappa shape index (κ1) is 16.0. The lowest BCUT2D eigenvalue weighted by Gasteiger charge is -2.08. The van der Waals surface area contributed by atoms with E-state index in [9.17, 15) is 0 Å². The molecule has 0 bridgehead atoms. The van der Waals surface area contributed by atoms with Crippen LogP contribution in [0.5, 0.6) is 11.5 Å². The van der Waals surface area contributed by atoms with Crippen LogP contribution in [0.3, 0.4) is 0 Å². The van der Waals surface area contributed by atoms with Crippen molar-refractivity contribution in [3.63, 3.8) is 0 Å². The van der Waals surface area contributed by atoms with Crippen LogP contribution in [0, 0.1) is 6.92 Å². The van der Waals surface area contributed by atoms with Gasteiger partial charge >= 0.3 is 0 Å². The molecule has 3 rings (SSSR count). The van der Waals surface area contributed by atoms with Crippen LogP contribution in [0.25, 0.3) is 10.6 Å². The van der Waals surface area contributed by atoms with Gasteiger partial charge in [-0.15, -0.1) is 23.1 Å². The Morgan fingerprint density at radius 3 is 2.70 bits per heavy atom. The van der Waals surface area contributed by atoms with Crippen molar-refractivity contribution in [2.24, 2.45) is 0 Å². The predicted octanol–water partition coefficient (Wildman–Crippen LogP) is 5.02. The van der Waals surface area contributed by atoms with Gasteiger partial charge in [0, 0.05) is 21.6 Å². The molecule has 120 valence electrons. The van der Waals surface area contributed by atoms with Gasteiger partial charge in [0.25, 0.3) is 0 Å². The van der Waals surface area contributed by atoms with Gasteiger partial charge in [-0.3, -0.25) is 0 Å². The highest BCUT2D eigenvalue weighted by Gasteiger charge is 2.10. The summed E-state index contributed by atoms with van der Waals surface area (Å²) in [6, 6.07) is 7.84. The van der Waals surface area contributed by atoms with Gasteiger partial charge in [-0.05, 0) is 31.2 Å². The minimum Gasteiger partial charge on any atom is -0.493 e. The number of aromatic nitrogens is 1. The highest BCUT2D eigenvalue weighted by Crippen LogP contribution is 2.34. The first-order valence-corrected chi connectivity index (χ1v) is 8.91. The lowest BCUT2D eigenvalue weighted by atomic mass is 10.2. The molecule has 0 fully saturated rings. The third-order valence-corrected chi connectivity index (χ3v) is 5.48. The molecule has 2 heterocycles. The highest BCUT2D eigenvalue weighted by molar-refractivity contribution is 7.98. The van der Waals surface area contributed by atoms with Gasteiger partial charge in [0.1, 0.15) is 10.8 Å². The number of nitrogens with zero attached hydrogens (tertiary/aromatic N) is 1. The van der Waals surface area contributed by atoms with Gasteiger partial charge in [0.2, 0.25) is 0 Å². The molecule has 4 nitrogen and oxygen atoms in total. The Kier molecular flexibility index (Phi) is 4.93. The van der Waals surface area contributed by atoms with Crippen molar-refractivity contribution in [2.45, 2.75) is 17.6 Å². The van der Waals surface area contributed by atoms with E-state index < -0.39 is 0 Å². The maximum atomic E-state index is 5.35. The van der Waals surface area contributed by atoms with Crippen LogP contribution < -0.4 is 9.47 Å². The average molecular weight is 347 g/mol. The van der Waals surface area contributed by atoms with Gasteiger partial charge in [-0.1, -0.05) is 0 Å². The Morgan fingerprint density at radius 1 is 1.17 bits per heavy atom. The van der Waals surface area contributed by atoms with Gasteiger partial charge in [0.15, 0.2) is 11.5 Å². The van der Waals surface area contributed by atoms with E-state index in [1.807, 2.05) is 31.2 Å². The summed E-state index contributed by atoms with van der Waals surface area (Å²) >= 11 is 3.37. The van der Waals surface area contributed by atoms with E-state index in [4.69, 9.17) is 18.9 Å². The number of hydrogen-bond acceptors (Lipinski definition) is 6. The Morgan fingerprint density at radius 2 is 2.00 bits per heavy atom. The number of ether oxygens (including phenoxy) is 2. The van der Waals surface area contributed by atoms with Gasteiger partial charge in [-0.25, -0.2) is 4.98 Å². The van der Waals surface area contributed by atoms with Gasteiger partial charge in [-0.2, -0.15) is 0 Å². The van der Waals surface area contributed by atoms with Crippen molar-refractivity contribution in [1.82, 2.24) is 4.98 Å². The molecule has 0 saturated heterocycles. The fourth-order valence-electron chi connectivity index (χ4n) is 2.15. The van der Waals surface area contributed by atoms with Crippen molar-refractivity contribution in [2.75, 3.05) is 14.2 Å². The summed E-state index contributed by atoms with van der Waals surface area (Å²) in [4.78, 5) is 5.87. The summed E-state index contributed by atoms with van der Waals surface area (Å²) in [7, 11) is 3.27. The number of furan rings is 1. The largest absolute Gasteiger partial charge is 0.493 e. The van der Waals surface area contributed by atoms with E-state index in [0.29, 0.717) is 5.75 Å². The van der Waals surface area contributed by atoms with E-state index >= 15 is 0 Å². The van der Waals surface area contributed by atoms with E-state index in [1.165, 1.54) is 0 Å². The third-order valence-electron chi connectivity index (χ3n) is 3.37. The predicted molar refractivity (Wildman–Crippen MR) is 93.7 cm³/mol. The van der Waals surface area contributed by atoms with Crippen molar-refractivity contribution >= 4 is 23.1 Å². The second kappa shape index (κ2) is 7.10. The highest BCUT2D eigenvalue weighted by atomic mass is 32.2. The molecular weight excluding hydrogens is 330 g/mol. The maximum Gasteiger partial charge on any atom is 0.161 e. The van der Waals surface area contributed by atoms with Gasteiger partial charge in [0.05, 0.1) is 26.2 Å². The van der Waals surface area contributed by atoms with E-state index in [2.05, 4.69) is 5.38 Å². The van der Waals surface area contributed by atoms with Crippen LogP contribution in [0.4, 0.5) is 0 Å². The zero-order valence-electron chi connectivity index (χ0n) is 13.2. The molecule has 0 aliphatic rings. The quantitative estimate of drug-likeness (QED) is 0.586. The smallest absolute Gasteiger partial charge is 0.161 e. The van der Waals surface area contributed by atoms with Crippen molar-refractivity contribution in [3.8, 4) is 22.1 Å². The molecule has 1 aromatic carbocycles. The Bertz CT molecular complexity index is 795. The van der Waals surface area contributed by atoms with E-state index in [-0.39, 0.29) is 0 Å². The SMILES string of the molecule is COc1ccc(-c2nc(CSc3ccoc3C)cs2)cc1OC. The van der Waals surface area contributed by atoms with Crippen LogP contribution in [-0.4, -0.2) is 19.2 Å². The summed E-state index contributed by atoms with van der Waals surface area (Å²) in [6.07, 6.45) is 1.72. The lowest BCUT2D eigenvalue weighted by molar-refractivity contribution is 0.355. The van der Waals surface area contributed by atoms with E-state index in [1.54, 1.807) is 43.6 Å². The average Bonchev–Trinajstić information content (AvgIpc) is 3.21. The zero-order chi connectivity index (χ0) is 16.2. The fraction of sp³-hybridized carbons (Fsp3) is 0.235. The second-order valence-electron chi connectivity index (χ2n) is 4.84. The fourth-order valence-corrected chi connectivity index (χ4v) is 3.93. The standard InChI is InChI=1S/C17H17NO3S2/c1-11-16(6-7-21-11)22-9-13-10-23-17(18-13)12-4-5-14(19-2)15(8-12)20-3/h4-8,10H,9H2,1-3H3. The number of rotatable bonds is 6. The molecule has 0 spiro atoms. The molecular formula is C17H17NO3S2. The van der Waals surface area contributed by atoms with Crippen LogP contribution in [0.15, 0.2) is 45.2 Å². The molecule has 23 heavy (non-hydrogen) atoms. The minimum absolute atomic E-state index is 0.713. The van der Waals surface area contributed by atoms with E-state index in [0.717, 1.165) is 38.4 Å². The summed E-state index contributed by atoms with van der Waals surface area (Å²) < 4.78 is 15.9. The second-order valence-corrected chi connectivity index (χ2v) is 6.72. The van der Waals surface area contributed by atoms with Crippen molar-refractivity contribution in [3.05, 3.63) is 47.4 Å². The summed E-state index contributed by atoms with van der Waals surface area (Å²) in [5.74, 6) is 3.21. The van der Waals surface area contributed by atoms with Gasteiger partial charge < -0.3 is 13.9 Å². The minimum atomic E-state index is 0.713. The molecule has 6 heteroatoms. The normalized spacial score (nSPS) is 10.7. The maximum absolute atomic E-state index is 5.35. The number of methoxy groups -OCH3 is 2. The molecule has 0 N–H and O–H groups in total. The molecule has 0 amide bonds. The number of thioether (sulfide) groups is 1. The topological polar surface area (TPSA) is 44.5 Å². The number of thiazole rings is 1. The Hall–Kier alpha value is -1.92. The lowest BCUT2D eigenvalue weighted by Crippen LogP contribution is -1.90. The van der Waals surface area contributed by atoms with Crippen LogP contribution in [-0.2, 0) is 5.75 Å². The molecule has 0 aliphatic heterocycles. The third kappa shape index (κ3) is 3.54. The molecule has 0 radical (unpaired) electrons. The summed E-state index contributed by atoms with van der Waals surface area (Å²) in [5.41, 5.74) is 2.09. The molecule has 0 saturated carbocycles. The van der Waals surface area contributed by atoms with Crippen LogP contribution >= 0.6 is 23.1 Å². The molecule has 2 aromatic heterocycles. The Balaban J connectivity index is 1.75.